The fourth-order valence-corrected chi connectivity index (χ4v) is 4.39. The fourth-order valence-electron chi connectivity index (χ4n) is 2.79. The molecule has 1 aromatic carbocycles. The summed E-state index contributed by atoms with van der Waals surface area (Å²) in [5, 5.41) is 7.09. The van der Waals surface area contributed by atoms with Crippen molar-refractivity contribution in [2.75, 3.05) is 5.32 Å². The maximum atomic E-state index is 12.4. The van der Waals surface area contributed by atoms with Crippen LogP contribution in [0.4, 0.5) is 10.5 Å². The van der Waals surface area contributed by atoms with Crippen molar-refractivity contribution in [1.82, 2.24) is 9.88 Å². The van der Waals surface area contributed by atoms with Crippen LogP contribution >= 0.6 is 27.3 Å². The van der Waals surface area contributed by atoms with Crippen molar-refractivity contribution in [2.24, 2.45) is 0 Å². The molecule has 3 rings (SSSR count). The number of carbonyl (C=O) groups is 1. The Morgan fingerprint density at radius 3 is 2.52 bits per heavy atom. The Morgan fingerprint density at radius 2 is 1.84 bits per heavy atom. The maximum absolute atomic E-state index is 12.4. The van der Waals surface area contributed by atoms with Crippen molar-refractivity contribution in [2.45, 2.75) is 26.8 Å². The minimum absolute atomic E-state index is 0.107. The number of benzene rings is 1. The van der Waals surface area contributed by atoms with Crippen molar-refractivity contribution < 1.29 is 4.79 Å². The standard InChI is InChI=1S/C19H20BrN3OS/c1-12-14(3)25-18(23-10-6-7-11-23)17(12)13(2)21-19(24)22-16-9-5-4-8-15(16)20/h4-11,13H,1-3H3,(H2,21,22,24)/t13-/m0/s1. The lowest BCUT2D eigenvalue weighted by Gasteiger charge is -2.18. The van der Waals surface area contributed by atoms with E-state index in [1.807, 2.05) is 55.7 Å². The Labute approximate surface area is 160 Å². The summed E-state index contributed by atoms with van der Waals surface area (Å²) in [5.41, 5.74) is 3.12. The molecule has 6 heteroatoms. The number of rotatable bonds is 4. The Morgan fingerprint density at radius 1 is 1.16 bits per heavy atom. The summed E-state index contributed by atoms with van der Waals surface area (Å²) in [5.74, 6) is 0. The molecule has 0 aliphatic carbocycles. The Kier molecular flexibility index (Phi) is 5.30. The van der Waals surface area contributed by atoms with Gasteiger partial charge in [0.25, 0.3) is 0 Å². The van der Waals surface area contributed by atoms with E-state index in [-0.39, 0.29) is 12.1 Å². The van der Waals surface area contributed by atoms with Crippen molar-refractivity contribution in [3.8, 4) is 5.00 Å². The zero-order chi connectivity index (χ0) is 18.0. The van der Waals surface area contributed by atoms with Gasteiger partial charge in [-0.3, -0.25) is 0 Å². The number of aryl methyl sites for hydroxylation is 1. The third-order valence-electron chi connectivity index (χ3n) is 4.15. The number of carbonyl (C=O) groups excluding carboxylic acids is 1. The van der Waals surface area contributed by atoms with E-state index in [1.165, 1.54) is 10.4 Å². The molecule has 130 valence electrons. The average molecular weight is 418 g/mol. The highest BCUT2D eigenvalue weighted by Gasteiger charge is 2.21. The number of anilines is 1. The van der Waals surface area contributed by atoms with Gasteiger partial charge in [0.15, 0.2) is 0 Å². The quantitative estimate of drug-likeness (QED) is 0.553. The molecule has 25 heavy (non-hydrogen) atoms. The molecule has 2 heterocycles. The molecule has 0 spiro atoms. The van der Waals surface area contributed by atoms with Gasteiger partial charge in [-0.25, -0.2) is 4.79 Å². The predicted molar refractivity (Wildman–Crippen MR) is 108 cm³/mol. The van der Waals surface area contributed by atoms with E-state index in [4.69, 9.17) is 0 Å². The summed E-state index contributed by atoms with van der Waals surface area (Å²) in [4.78, 5) is 13.7. The monoisotopic (exact) mass is 417 g/mol. The van der Waals surface area contributed by atoms with Gasteiger partial charge >= 0.3 is 6.03 Å². The number of amides is 2. The Balaban J connectivity index is 1.81. The highest BCUT2D eigenvalue weighted by atomic mass is 79.9. The number of hydrogen-bond acceptors (Lipinski definition) is 2. The first-order valence-corrected chi connectivity index (χ1v) is 9.63. The van der Waals surface area contributed by atoms with Crippen LogP contribution in [0.5, 0.6) is 0 Å². The van der Waals surface area contributed by atoms with E-state index in [0.717, 1.165) is 20.7 Å². The number of hydrogen-bond donors (Lipinski definition) is 2. The van der Waals surface area contributed by atoms with Gasteiger partial charge in [-0.15, -0.1) is 11.3 Å². The van der Waals surface area contributed by atoms with Crippen LogP contribution in [0.2, 0.25) is 0 Å². The van der Waals surface area contributed by atoms with Gasteiger partial charge in [-0.2, -0.15) is 0 Å². The van der Waals surface area contributed by atoms with Crippen molar-refractivity contribution in [3.63, 3.8) is 0 Å². The lowest BCUT2D eigenvalue weighted by Crippen LogP contribution is -2.31. The normalized spacial score (nSPS) is 12.0. The molecule has 2 amide bonds. The molecule has 2 aromatic heterocycles. The van der Waals surface area contributed by atoms with Gasteiger partial charge in [0.05, 0.1) is 11.7 Å². The third kappa shape index (κ3) is 3.80. The number of nitrogens with zero attached hydrogens (tertiary/aromatic N) is 1. The highest BCUT2D eigenvalue weighted by molar-refractivity contribution is 9.10. The van der Waals surface area contributed by atoms with Gasteiger partial charge in [0.1, 0.15) is 5.00 Å². The van der Waals surface area contributed by atoms with E-state index in [1.54, 1.807) is 11.3 Å². The van der Waals surface area contributed by atoms with Gasteiger partial charge in [-0.05, 0) is 66.5 Å². The van der Waals surface area contributed by atoms with Crippen molar-refractivity contribution in [3.05, 3.63) is 69.3 Å². The van der Waals surface area contributed by atoms with Gasteiger partial charge in [0.2, 0.25) is 0 Å². The number of urea groups is 1. The topological polar surface area (TPSA) is 46.1 Å². The first kappa shape index (κ1) is 17.8. The highest BCUT2D eigenvalue weighted by Crippen LogP contribution is 2.35. The van der Waals surface area contributed by atoms with Gasteiger partial charge in [-0.1, -0.05) is 12.1 Å². The van der Waals surface area contributed by atoms with Crippen LogP contribution in [-0.2, 0) is 0 Å². The predicted octanol–water partition coefficient (Wildman–Crippen LogP) is 5.80. The first-order chi connectivity index (χ1) is 12.0. The molecular formula is C19H20BrN3OS. The SMILES string of the molecule is Cc1sc(-n2cccc2)c([C@H](C)NC(=O)Nc2ccccc2Br)c1C. The van der Waals surface area contributed by atoms with Crippen LogP contribution in [0.1, 0.15) is 29.0 Å². The minimum atomic E-state index is -0.221. The Bertz CT molecular complexity index is 886. The number of thiophene rings is 1. The fraction of sp³-hybridized carbons (Fsp3) is 0.211. The van der Waals surface area contributed by atoms with E-state index in [0.29, 0.717) is 0 Å². The van der Waals surface area contributed by atoms with Crippen LogP contribution in [0.15, 0.2) is 53.3 Å². The summed E-state index contributed by atoms with van der Waals surface area (Å²) in [7, 11) is 0. The molecule has 0 aliphatic rings. The number of halogens is 1. The van der Waals surface area contributed by atoms with E-state index >= 15 is 0 Å². The second kappa shape index (κ2) is 7.45. The largest absolute Gasteiger partial charge is 0.331 e. The molecular weight excluding hydrogens is 398 g/mol. The molecule has 0 radical (unpaired) electrons. The van der Waals surface area contributed by atoms with E-state index in [2.05, 4.69) is 45.0 Å². The second-order valence-corrected chi connectivity index (χ2v) is 7.95. The molecule has 0 saturated carbocycles. The average Bonchev–Trinajstić information content (AvgIpc) is 3.18. The number of aromatic nitrogens is 1. The number of nitrogens with one attached hydrogen (secondary N) is 2. The molecule has 0 unspecified atom stereocenters. The summed E-state index contributed by atoms with van der Waals surface area (Å²) in [6.07, 6.45) is 4.06. The molecule has 1 atom stereocenters. The van der Waals surface area contributed by atoms with Crippen molar-refractivity contribution >= 4 is 39.0 Å². The number of para-hydroxylation sites is 1. The van der Waals surface area contributed by atoms with Gasteiger partial charge < -0.3 is 15.2 Å². The third-order valence-corrected chi connectivity index (χ3v) is 6.08. The molecule has 3 aromatic rings. The smallest absolute Gasteiger partial charge is 0.319 e. The molecule has 0 bridgehead atoms. The molecule has 0 saturated heterocycles. The lowest BCUT2D eigenvalue weighted by atomic mass is 10.1. The molecule has 2 N–H and O–H groups in total. The van der Waals surface area contributed by atoms with Crippen LogP contribution in [-0.4, -0.2) is 10.6 Å². The van der Waals surface area contributed by atoms with E-state index < -0.39 is 0 Å². The molecule has 0 fully saturated rings. The zero-order valence-corrected chi connectivity index (χ0v) is 16.7. The van der Waals surface area contributed by atoms with Crippen molar-refractivity contribution in [1.29, 1.82) is 0 Å². The Hall–Kier alpha value is -2.05. The summed E-state index contributed by atoms with van der Waals surface area (Å²) >= 11 is 5.19. The summed E-state index contributed by atoms with van der Waals surface area (Å²) < 4.78 is 2.96. The lowest BCUT2D eigenvalue weighted by molar-refractivity contribution is 0.249. The maximum Gasteiger partial charge on any atom is 0.319 e. The van der Waals surface area contributed by atoms with E-state index in [9.17, 15) is 4.79 Å². The first-order valence-electron chi connectivity index (χ1n) is 8.02. The van der Waals surface area contributed by atoms with Crippen LogP contribution in [0, 0.1) is 13.8 Å². The molecule has 4 nitrogen and oxygen atoms in total. The van der Waals surface area contributed by atoms with Crippen LogP contribution in [0.3, 0.4) is 0 Å². The summed E-state index contributed by atoms with van der Waals surface area (Å²) in [6, 6.07) is 11.2. The minimum Gasteiger partial charge on any atom is -0.331 e. The van der Waals surface area contributed by atoms with Crippen LogP contribution < -0.4 is 10.6 Å². The molecule has 0 aliphatic heterocycles. The van der Waals surface area contributed by atoms with Crippen LogP contribution in [0.25, 0.3) is 5.00 Å². The second-order valence-electron chi connectivity index (χ2n) is 5.89. The zero-order valence-electron chi connectivity index (χ0n) is 14.3. The van der Waals surface area contributed by atoms with Gasteiger partial charge in [0, 0.05) is 27.3 Å². The summed E-state index contributed by atoms with van der Waals surface area (Å²) in [6.45, 7) is 6.24.